The highest BCUT2D eigenvalue weighted by atomic mass is 35.5. The smallest absolute Gasteiger partial charge is 0.294 e. The molecule has 0 fully saturated rings. The lowest BCUT2D eigenvalue weighted by Crippen LogP contribution is -2.20. The van der Waals surface area contributed by atoms with Gasteiger partial charge in [0.1, 0.15) is 5.75 Å². The molecule has 116 valence electrons. The zero-order valence-electron chi connectivity index (χ0n) is 11.2. The molecule has 0 radical (unpaired) electrons. The quantitative estimate of drug-likeness (QED) is 0.815. The van der Waals surface area contributed by atoms with Crippen LogP contribution in [0.2, 0.25) is 5.02 Å². The first-order valence-electron chi connectivity index (χ1n) is 6.10. The SMILES string of the molecule is O=C(COc1cccc(Cl)c1)Nc1cccc(S(=O)(=O)O)c1. The topological polar surface area (TPSA) is 92.7 Å². The van der Waals surface area contributed by atoms with Crippen molar-refractivity contribution in [3.8, 4) is 5.75 Å². The number of hydrogen-bond acceptors (Lipinski definition) is 4. The maximum absolute atomic E-state index is 11.8. The summed E-state index contributed by atoms with van der Waals surface area (Å²) in [7, 11) is -4.32. The first-order valence-corrected chi connectivity index (χ1v) is 7.92. The Labute approximate surface area is 132 Å². The van der Waals surface area contributed by atoms with E-state index in [0.29, 0.717) is 10.8 Å². The van der Waals surface area contributed by atoms with Crippen LogP contribution in [-0.4, -0.2) is 25.5 Å². The fourth-order valence-electron chi connectivity index (χ4n) is 1.64. The van der Waals surface area contributed by atoms with Crippen molar-refractivity contribution < 1.29 is 22.5 Å². The predicted octanol–water partition coefficient (Wildman–Crippen LogP) is 2.60. The highest BCUT2D eigenvalue weighted by molar-refractivity contribution is 7.85. The number of rotatable bonds is 5. The fraction of sp³-hybridized carbons (Fsp3) is 0.0714. The lowest BCUT2D eigenvalue weighted by atomic mass is 10.3. The Morgan fingerprint density at radius 3 is 2.59 bits per heavy atom. The minimum Gasteiger partial charge on any atom is -0.484 e. The van der Waals surface area contributed by atoms with E-state index in [9.17, 15) is 13.2 Å². The van der Waals surface area contributed by atoms with Gasteiger partial charge in [0.05, 0.1) is 4.90 Å². The molecular weight excluding hydrogens is 330 g/mol. The van der Waals surface area contributed by atoms with Crippen molar-refractivity contribution in [2.45, 2.75) is 4.90 Å². The third kappa shape index (κ3) is 4.73. The van der Waals surface area contributed by atoms with E-state index in [4.69, 9.17) is 20.9 Å². The van der Waals surface area contributed by atoms with Crippen molar-refractivity contribution in [2.24, 2.45) is 0 Å². The molecule has 0 aliphatic rings. The van der Waals surface area contributed by atoms with Crippen LogP contribution >= 0.6 is 11.6 Å². The molecule has 22 heavy (non-hydrogen) atoms. The molecule has 0 unspecified atom stereocenters. The zero-order valence-corrected chi connectivity index (χ0v) is 12.8. The largest absolute Gasteiger partial charge is 0.484 e. The summed E-state index contributed by atoms with van der Waals surface area (Å²) in [6, 6.07) is 11.8. The average molecular weight is 342 g/mol. The Morgan fingerprint density at radius 1 is 1.18 bits per heavy atom. The number of halogens is 1. The summed E-state index contributed by atoms with van der Waals surface area (Å²) in [6.07, 6.45) is 0. The van der Waals surface area contributed by atoms with E-state index in [1.54, 1.807) is 24.3 Å². The molecule has 0 aliphatic carbocycles. The summed E-state index contributed by atoms with van der Waals surface area (Å²) in [4.78, 5) is 11.4. The number of carbonyl (C=O) groups excluding carboxylic acids is 1. The van der Waals surface area contributed by atoms with Crippen molar-refractivity contribution in [3.05, 3.63) is 53.6 Å². The highest BCUT2D eigenvalue weighted by Gasteiger charge is 2.11. The maximum atomic E-state index is 11.8. The number of hydrogen-bond donors (Lipinski definition) is 2. The molecule has 0 bridgehead atoms. The van der Waals surface area contributed by atoms with Crippen LogP contribution in [0.4, 0.5) is 5.69 Å². The van der Waals surface area contributed by atoms with Crippen molar-refractivity contribution in [1.82, 2.24) is 0 Å². The van der Waals surface area contributed by atoms with E-state index in [1.165, 1.54) is 18.2 Å². The standard InChI is InChI=1S/C14H12ClNO5S/c15-10-3-1-5-12(7-10)21-9-14(17)16-11-4-2-6-13(8-11)22(18,19)20/h1-8H,9H2,(H,16,17)(H,18,19,20). The molecular formula is C14H12ClNO5S. The van der Waals surface area contributed by atoms with Crippen LogP contribution < -0.4 is 10.1 Å². The number of benzene rings is 2. The van der Waals surface area contributed by atoms with Crippen LogP contribution in [0.15, 0.2) is 53.4 Å². The van der Waals surface area contributed by atoms with Gasteiger partial charge in [-0.25, -0.2) is 0 Å². The van der Waals surface area contributed by atoms with Gasteiger partial charge in [0.25, 0.3) is 16.0 Å². The number of nitrogens with one attached hydrogen (secondary N) is 1. The molecule has 0 atom stereocenters. The summed E-state index contributed by atoms with van der Waals surface area (Å²) in [5.41, 5.74) is 0.231. The summed E-state index contributed by atoms with van der Waals surface area (Å²) >= 11 is 5.79. The van der Waals surface area contributed by atoms with Gasteiger partial charge in [0, 0.05) is 10.7 Å². The van der Waals surface area contributed by atoms with Crippen LogP contribution in [-0.2, 0) is 14.9 Å². The first-order chi connectivity index (χ1) is 10.3. The summed E-state index contributed by atoms with van der Waals surface area (Å²) in [5.74, 6) is -0.0400. The molecule has 2 N–H and O–H groups in total. The number of anilines is 1. The summed E-state index contributed by atoms with van der Waals surface area (Å²) in [5, 5.41) is 2.95. The first kappa shape index (κ1) is 16.3. The normalized spacial score (nSPS) is 11.0. The van der Waals surface area contributed by atoms with Crippen molar-refractivity contribution >= 4 is 33.3 Å². The third-order valence-electron chi connectivity index (χ3n) is 2.58. The maximum Gasteiger partial charge on any atom is 0.294 e. The lowest BCUT2D eigenvalue weighted by molar-refractivity contribution is -0.118. The number of amides is 1. The Kier molecular flexibility index (Phi) is 5.02. The van der Waals surface area contributed by atoms with Crippen molar-refractivity contribution in [2.75, 3.05) is 11.9 Å². The van der Waals surface area contributed by atoms with Crippen LogP contribution in [0, 0.1) is 0 Å². The molecule has 1 amide bonds. The van der Waals surface area contributed by atoms with Gasteiger partial charge in [-0.05, 0) is 36.4 Å². The average Bonchev–Trinajstić information content (AvgIpc) is 2.45. The Morgan fingerprint density at radius 2 is 1.91 bits per heavy atom. The monoisotopic (exact) mass is 341 g/mol. The molecule has 0 spiro atoms. The number of carbonyl (C=O) groups is 1. The Bertz CT molecular complexity index is 791. The van der Waals surface area contributed by atoms with Crippen LogP contribution in [0.25, 0.3) is 0 Å². The molecule has 0 heterocycles. The molecule has 2 aromatic rings. The lowest BCUT2D eigenvalue weighted by Gasteiger charge is -2.08. The molecule has 0 aliphatic heterocycles. The molecule has 0 saturated heterocycles. The molecule has 8 heteroatoms. The van der Waals surface area contributed by atoms with Gasteiger partial charge in [-0.3, -0.25) is 9.35 Å². The summed E-state index contributed by atoms with van der Waals surface area (Å²) in [6.45, 7) is -0.267. The summed E-state index contributed by atoms with van der Waals surface area (Å²) < 4.78 is 36.2. The molecule has 0 aromatic heterocycles. The van der Waals surface area contributed by atoms with Crippen molar-refractivity contribution in [1.29, 1.82) is 0 Å². The van der Waals surface area contributed by atoms with E-state index in [2.05, 4.69) is 5.32 Å². The van der Waals surface area contributed by atoms with Gasteiger partial charge in [-0.1, -0.05) is 23.7 Å². The fourth-order valence-corrected chi connectivity index (χ4v) is 2.34. The zero-order chi connectivity index (χ0) is 16.2. The van der Waals surface area contributed by atoms with Gasteiger partial charge in [-0.15, -0.1) is 0 Å². The Balaban J connectivity index is 1.98. The second-order valence-corrected chi connectivity index (χ2v) is 6.16. The second-order valence-electron chi connectivity index (χ2n) is 4.30. The van der Waals surface area contributed by atoms with Crippen LogP contribution in [0.5, 0.6) is 5.75 Å². The minimum absolute atomic E-state index is 0.231. The van der Waals surface area contributed by atoms with Gasteiger partial charge in [0.15, 0.2) is 6.61 Å². The second kappa shape index (κ2) is 6.78. The predicted molar refractivity (Wildman–Crippen MR) is 81.8 cm³/mol. The van der Waals surface area contributed by atoms with Crippen LogP contribution in [0.1, 0.15) is 0 Å². The van der Waals surface area contributed by atoms with E-state index in [-0.39, 0.29) is 17.2 Å². The molecule has 2 rings (SSSR count). The molecule has 2 aromatic carbocycles. The van der Waals surface area contributed by atoms with Gasteiger partial charge >= 0.3 is 0 Å². The van der Waals surface area contributed by atoms with Crippen molar-refractivity contribution in [3.63, 3.8) is 0 Å². The van der Waals surface area contributed by atoms with Gasteiger partial charge in [-0.2, -0.15) is 8.42 Å². The van der Waals surface area contributed by atoms with Gasteiger partial charge < -0.3 is 10.1 Å². The van der Waals surface area contributed by atoms with E-state index in [0.717, 1.165) is 6.07 Å². The third-order valence-corrected chi connectivity index (χ3v) is 3.67. The van der Waals surface area contributed by atoms with E-state index >= 15 is 0 Å². The van der Waals surface area contributed by atoms with Crippen LogP contribution in [0.3, 0.4) is 0 Å². The molecule has 6 nitrogen and oxygen atoms in total. The molecule has 0 saturated carbocycles. The number of ether oxygens (including phenoxy) is 1. The highest BCUT2D eigenvalue weighted by Crippen LogP contribution is 2.18. The van der Waals surface area contributed by atoms with E-state index < -0.39 is 16.0 Å². The minimum atomic E-state index is -4.32. The Hall–Kier alpha value is -2.09. The van der Waals surface area contributed by atoms with Gasteiger partial charge in [0.2, 0.25) is 0 Å². The van der Waals surface area contributed by atoms with E-state index in [1.807, 2.05) is 0 Å².